The second-order valence-electron chi connectivity index (χ2n) is 10.4. The zero-order valence-electron chi connectivity index (χ0n) is 22.4. The molecule has 2 aliphatic heterocycles. The van der Waals surface area contributed by atoms with Crippen molar-refractivity contribution in [1.82, 2.24) is 9.80 Å². The van der Waals surface area contributed by atoms with Crippen molar-refractivity contribution in [2.24, 2.45) is 5.41 Å². The molecule has 1 aromatic rings. The van der Waals surface area contributed by atoms with Crippen LogP contribution >= 0.6 is 0 Å². The van der Waals surface area contributed by atoms with Crippen LogP contribution in [0, 0.1) is 31.1 Å². The average Bonchev–Trinajstić information content (AvgIpc) is 2.86. The molecule has 4 rings (SSSR count). The molecule has 8 nitrogen and oxygen atoms in total. The highest BCUT2D eigenvalue weighted by atomic mass is 16.7. The van der Waals surface area contributed by atoms with E-state index in [2.05, 4.69) is 21.6 Å². The van der Waals surface area contributed by atoms with Crippen molar-refractivity contribution in [3.63, 3.8) is 0 Å². The molecule has 2 heterocycles. The van der Waals surface area contributed by atoms with Gasteiger partial charge >= 0.3 is 6.16 Å². The molecule has 1 unspecified atom stereocenters. The van der Waals surface area contributed by atoms with E-state index in [-0.39, 0.29) is 11.2 Å². The molecular weight excluding hydrogens is 472 g/mol. The first-order chi connectivity index (χ1) is 17.7. The molecular formula is C29H38N2O6. The van der Waals surface area contributed by atoms with Gasteiger partial charge in [0.15, 0.2) is 5.78 Å². The summed E-state index contributed by atoms with van der Waals surface area (Å²) in [5, 5.41) is 10.9. The second kappa shape index (κ2) is 11.8. The number of carbonyl (C=O) groups is 2. The predicted molar refractivity (Wildman–Crippen MR) is 140 cm³/mol. The Morgan fingerprint density at radius 3 is 2.38 bits per heavy atom. The summed E-state index contributed by atoms with van der Waals surface area (Å²) < 4.78 is 15.9. The van der Waals surface area contributed by atoms with Gasteiger partial charge in [-0.2, -0.15) is 0 Å². The number of methoxy groups -OCH3 is 1. The van der Waals surface area contributed by atoms with Gasteiger partial charge in [0.25, 0.3) is 0 Å². The van der Waals surface area contributed by atoms with Crippen molar-refractivity contribution in [2.45, 2.75) is 52.7 Å². The predicted octanol–water partition coefficient (Wildman–Crippen LogP) is 3.26. The van der Waals surface area contributed by atoms with Gasteiger partial charge in [-0.1, -0.05) is 5.92 Å². The number of β-amino-alcohol motifs (C(OH)–C–C–N with tert-alkyl or cyclic N) is 1. The van der Waals surface area contributed by atoms with Crippen molar-refractivity contribution >= 4 is 17.5 Å². The number of allylic oxidation sites excluding steroid dienone is 2. The van der Waals surface area contributed by atoms with Crippen LogP contribution in [0.3, 0.4) is 0 Å². The Bertz CT molecular complexity index is 1090. The summed E-state index contributed by atoms with van der Waals surface area (Å²) in [5.41, 5.74) is 3.69. The number of likely N-dealkylation sites (tertiary alicyclic amines) is 1. The fourth-order valence-corrected chi connectivity index (χ4v) is 5.94. The molecule has 0 aromatic heterocycles. The Hall–Kier alpha value is -2.70. The standard InChI is InChI=1S/C29H38N2O6/c1-5-6-22-15-20(2)26(21(3)16-22)27-23(32)17-29(18-24(27)37-28(34)35-4)7-9-31(10-8-29)25(33)19-30-11-13-36-14-12-30/h15-16,25,33H,7-14,17-19H2,1-4H3. The fourth-order valence-electron chi connectivity index (χ4n) is 5.94. The first-order valence-corrected chi connectivity index (χ1v) is 13.0. The maximum absolute atomic E-state index is 13.7. The number of hydrogen-bond acceptors (Lipinski definition) is 8. The van der Waals surface area contributed by atoms with E-state index in [0.29, 0.717) is 57.0 Å². The lowest BCUT2D eigenvalue weighted by Gasteiger charge is -2.46. The van der Waals surface area contributed by atoms with Crippen molar-refractivity contribution in [3.8, 4) is 11.8 Å². The number of morpholine rings is 1. The monoisotopic (exact) mass is 510 g/mol. The Kier molecular flexibility index (Phi) is 8.71. The Morgan fingerprint density at radius 2 is 1.78 bits per heavy atom. The van der Waals surface area contributed by atoms with E-state index in [9.17, 15) is 14.7 Å². The number of aliphatic hydroxyl groups excluding tert-OH is 1. The lowest BCUT2D eigenvalue weighted by atomic mass is 9.66. The Morgan fingerprint density at radius 1 is 1.14 bits per heavy atom. The molecule has 0 radical (unpaired) electrons. The summed E-state index contributed by atoms with van der Waals surface area (Å²) in [6, 6.07) is 3.93. The van der Waals surface area contributed by atoms with E-state index < -0.39 is 12.4 Å². The molecule has 1 aromatic carbocycles. The van der Waals surface area contributed by atoms with Crippen molar-refractivity contribution in [1.29, 1.82) is 0 Å². The molecule has 0 saturated carbocycles. The van der Waals surface area contributed by atoms with Gasteiger partial charge in [-0.25, -0.2) is 4.79 Å². The van der Waals surface area contributed by atoms with Gasteiger partial charge < -0.3 is 19.3 Å². The molecule has 200 valence electrons. The fraction of sp³-hybridized carbons (Fsp3) is 0.586. The largest absolute Gasteiger partial charge is 0.513 e. The molecule has 1 N–H and O–H groups in total. The number of aryl methyl sites for hydroxylation is 2. The van der Waals surface area contributed by atoms with Gasteiger partial charge in [0, 0.05) is 51.1 Å². The van der Waals surface area contributed by atoms with Crippen LogP contribution in [0.1, 0.15) is 54.9 Å². The van der Waals surface area contributed by atoms with E-state index in [0.717, 1.165) is 48.2 Å². The SMILES string of the molecule is CC#Cc1cc(C)c(C2=C(OC(=O)OC)CC3(CCN(C(O)CN4CCOCC4)CC3)CC2=O)c(C)c1. The van der Waals surface area contributed by atoms with Crippen molar-refractivity contribution < 1.29 is 28.9 Å². The normalized spacial score (nSPS) is 21.4. The highest BCUT2D eigenvalue weighted by molar-refractivity contribution is 6.23. The van der Waals surface area contributed by atoms with Crippen LogP contribution in [0.25, 0.3) is 5.57 Å². The van der Waals surface area contributed by atoms with Gasteiger partial charge in [0.05, 0.1) is 25.9 Å². The zero-order chi connectivity index (χ0) is 26.6. The first-order valence-electron chi connectivity index (χ1n) is 13.0. The van der Waals surface area contributed by atoms with Gasteiger partial charge in [0.2, 0.25) is 0 Å². The molecule has 1 aliphatic carbocycles. The smallest absolute Gasteiger partial charge is 0.437 e. The second-order valence-corrected chi connectivity index (χ2v) is 10.4. The molecule has 2 fully saturated rings. The van der Waals surface area contributed by atoms with E-state index in [1.54, 1.807) is 6.92 Å². The quantitative estimate of drug-likeness (QED) is 0.477. The van der Waals surface area contributed by atoms with Crippen molar-refractivity contribution in [2.75, 3.05) is 53.0 Å². The molecule has 1 atom stereocenters. The number of carbonyl (C=O) groups excluding carboxylic acids is 2. The summed E-state index contributed by atoms with van der Waals surface area (Å²) in [6.07, 6.45) is 0.971. The summed E-state index contributed by atoms with van der Waals surface area (Å²) in [4.78, 5) is 30.3. The maximum atomic E-state index is 13.7. The summed E-state index contributed by atoms with van der Waals surface area (Å²) in [7, 11) is 1.27. The number of aliphatic hydroxyl groups is 1. The minimum atomic E-state index is -0.820. The third-order valence-corrected chi connectivity index (χ3v) is 7.86. The van der Waals surface area contributed by atoms with Crippen LogP contribution in [0.4, 0.5) is 4.79 Å². The van der Waals surface area contributed by atoms with E-state index in [1.807, 2.05) is 26.0 Å². The van der Waals surface area contributed by atoms with Gasteiger partial charge in [-0.15, -0.1) is 5.92 Å². The van der Waals surface area contributed by atoms with E-state index in [1.165, 1.54) is 7.11 Å². The van der Waals surface area contributed by atoms with Crippen LogP contribution in [0.2, 0.25) is 0 Å². The van der Waals surface area contributed by atoms with Gasteiger partial charge in [0.1, 0.15) is 12.0 Å². The lowest BCUT2D eigenvalue weighted by Crippen LogP contribution is -2.52. The summed E-state index contributed by atoms with van der Waals surface area (Å²) in [6.45, 7) is 10.7. The lowest BCUT2D eigenvalue weighted by molar-refractivity contribution is -0.119. The third-order valence-electron chi connectivity index (χ3n) is 7.86. The number of nitrogens with zero attached hydrogens (tertiary/aromatic N) is 2. The van der Waals surface area contributed by atoms with Crippen LogP contribution in [0.15, 0.2) is 17.9 Å². The van der Waals surface area contributed by atoms with E-state index in [4.69, 9.17) is 14.2 Å². The van der Waals surface area contributed by atoms with Gasteiger partial charge in [-0.05, 0) is 67.9 Å². The summed E-state index contributed by atoms with van der Waals surface area (Å²) >= 11 is 0. The Labute approximate surface area is 219 Å². The van der Waals surface area contributed by atoms with E-state index >= 15 is 0 Å². The molecule has 8 heteroatoms. The number of rotatable bonds is 5. The van der Waals surface area contributed by atoms with Gasteiger partial charge in [-0.3, -0.25) is 14.6 Å². The third kappa shape index (κ3) is 6.24. The van der Waals surface area contributed by atoms with Crippen LogP contribution in [0.5, 0.6) is 0 Å². The molecule has 37 heavy (non-hydrogen) atoms. The molecule has 2 saturated heterocycles. The summed E-state index contributed by atoms with van der Waals surface area (Å²) in [5.74, 6) is 6.35. The van der Waals surface area contributed by atoms with Crippen LogP contribution in [-0.2, 0) is 19.0 Å². The minimum absolute atomic E-state index is 0.0204. The molecule has 0 bridgehead atoms. The average molecular weight is 511 g/mol. The molecule has 0 amide bonds. The van der Waals surface area contributed by atoms with Crippen LogP contribution in [-0.4, -0.2) is 86.1 Å². The molecule has 3 aliphatic rings. The number of benzene rings is 1. The van der Waals surface area contributed by atoms with Crippen molar-refractivity contribution in [3.05, 3.63) is 40.1 Å². The number of piperidine rings is 1. The zero-order valence-corrected chi connectivity index (χ0v) is 22.4. The number of ketones is 1. The topological polar surface area (TPSA) is 88.5 Å². The Balaban J connectivity index is 1.56. The minimum Gasteiger partial charge on any atom is -0.437 e. The first kappa shape index (κ1) is 27.3. The number of hydrogen-bond donors (Lipinski definition) is 1. The maximum Gasteiger partial charge on any atom is 0.513 e. The van der Waals surface area contributed by atoms with Crippen LogP contribution < -0.4 is 0 Å². The molecule has 1 spiro atoms. The number of ether oxygens (including phenoxy) is 3. The number of Topliss-reactive ketones (excluding diaryl/α,β-unsaturated/α-hetero) is 1. The highest BCUT2D eigenvalue weighted by Gasteiger charge is 2.45. The highest BCUT2D eigenvalue weighted by Crippen LogP contribution is 2.48.